The van der Waals surface area contributed by atoms with E-state index in [0.29, 0.717) is 12.3 Å². The lowest BCUT2D eigenvalue weighted by Gasteiger charge is -2.14. The van der Waals surface area contributed by atoms with Gasteiger partial charge in [0, 0.05) is 18.0 Å². The molecule has 4 aromatic rings. The van der Waals surface area contributed by atoms with E-state index in [2.05, 4.69) is 20.6 Å². The summed E-state index contributed by atoms with van der Waals surface area (Å²) in [6, 6.07) is 16.6. The van der Waals surface area contributed by atoms with E-state index >= 15 is 0 Å². The van der Waals surface area contributed by atoms with Gasteiger partial charge in [-0.25, -0.2) is 9.07 Å². The van der Waals surface area contributed by atoms with Crippen molar-refractivity contribution < 1.29 is 13.9 Å². The van der Waals surface area contributed by atoms with E-state index in [9.17, 15) is 9.18 Å². The number of pyridine rings is 1. The number of nitrogens with zero attached hydrogens (tertiary/aromatic N) is 4. The highest BCUT2D eigenvalue weighted by atomic mass is 19.1. The quantitative estimate of drug-likeness (QED) is 0.470. The third-order valence-electron chi connectivity index (χ3n) is 4.95. The molecule has 0 aliphatic rings. The number of nitrogens with one attached hydrogen (secondary N) is 1. The second-order valence-electron chi connectivity index (χ2n) is 7.11. The van der Waals surface area contributed by atoms with Crippen molar-refractivity contribution in [1.29, 1.82) is 0 Å². The molecule has 0 aliphatic heterocycles. The van der Waals surface area contributed by atoms with Gasteiger partial charge in [-0.1, -0.05) is 17.3 Å². The Balaban J connectivity index is 1.69. The SMILES string of the molecule is CCOc1ccc(-n2nnc(C(=O)N[C@@H](C)c3ccc(F)cc3)c2-c2ccncc2)cc1. The standard InChI is InChI=1S/C24H22FN5O2/c1-3-32-21-10-8-20(9-11-21)30-23(18-12-14-26-15-13-18)22(28-29-30)24(31)27-16(2)17-4-6-19(25)7-5-17/h4-16H,3H2,1-2H3,(H,27,31)/t16-/m0/s1. The first-order chi connectivity index (χ1) is 15.6. The number of carbonyl (C=O) groups is 1. The van der Waals surface area contributed by atoms with Crippen molar-refractivity contribution >= 4 is 5.91 Å². The van der Waals surface area contributed by atoms with Crippen LogP contribution in [0.1, 0.15) is 35.9 Å². The van der Waals surface area contributed by atoms with Gasteiger partial charge in [0.05, 0.1) is 18.3 Å². The molecule has 0 saturated heterocycles. The van der Waals surface area contributed by atoms with Crippen LogP contribution in [-0.2, 0) is 0 Å². The van der Waals surface area contributed by atoms with Crippen molar-refractivity contribution in [3.63, 3.8) is 0 Å². The number of halogens is 1. The fourth-order valence-electron chi connectivity index (χ4n) is 3.33. The molecule has 162 valence electrons. The molecule has 0 bridgehead atoms. The van der Waals surface area contributed by atoms with Gasteiger partial charge >= 0.3 is 0 Å². The molecule has 2 heterocycles. The van der Waals surface area contributed by atoms with E-state index in [1.165, 1.54) is 12.1 Å². The van der Waals surface area contributed by atoms with E-state index in [4.69, 9.17) is 4.74 Å². The van der Waals surface area contributed by atoms with Crippen LogP contribution in [0.4, 0.5) is 4.39 Å². The van der Waals surface area contributed by atoms with E-state index in [-0.39, 0.29) is 23.5 Å². The first-order valence-electron chi connectivity index (χ1n) is 10.2. The average Bonchev–Trinajstić information content (AvgIpc) is 3.26. The Morgan fingerprint density at radius 2 is 1.75 bits per heavy atom. The third kappa shape index (κ3) is 4.49. The highest BCUT2D eigenvalue weighted by Gasteiger charge is 2.23. The summed E-state index contributed by atoms with van der Waals surface area (Å²) in [4.78, 5) is 17.2. The Kier molecular flexibility index (Phi) is 6.21. The molecule has 0 unspecified atom stereocenters. The molecule has 1 atom stereocenters. The van der Waals surface area contributed by atoms with E-state index in [0.717, 1.165) is 22.6 Å². The summed E-state index contributed by atoms with van der Waals surface area (Å²) in [5.74, 6) is 0.0317. The normalized spacial score (nSPS) is 11.7. The van der Waals surface area contributed by atoms with Crippen LogP contribution in [0.2, 0.25) is 0 Å². The fraction of sp³-hybridized carbons (Fsp3) is 0.167. The molecule has 7 nitrogen and oxygen atoms in total. The maximum atomic E-state index is 13.2. The largest absolute Gasteiger partial charge is 0.494 e. The number of hydrogen-bond acceptors (Lipinski definition) is 5. The van der Waals surface area contributed by atoms with Crippen LogP contribution < -0.4 is 10.1 Å². The molecule has 0 radical (unpaired) electrons. The lowest BCUT2D eigenvalue weighted by atomic mass is 10.1. The van der Waals surface area contributed by atoms with E-state index in [1.54, 1.807) is 41.3 Å². The fourth-order valence-corrected chi connectivity index (χ4v) is 3.33. The number of benzene rings is 2. The molecule has 0 spiro atoms. The molecule has 0 fully saturated rings. The lowest BCUT2D eigenvalue weighted by molar-refractivity contribution is 0.0935. The Bertz CT molecular complexity index is 1190. The van der Waals surface area contributed by atoms with Gasteiger partial charge in [0.25, 0.3) is 5.91 Å². The topological polar surface area (TPSA) is 81.9 Å². The van der Waals surface area contributed by atoms with Crippen LogP contribution in [0.15, 0.2) is 73.1 Å². The van der Waals surface area contributed by atoms with Gasteiger partial charge in [0.2, 0.25) is 0 Å². The predicted molar refractivity (Wildman–Crippen MR) is 118 cm³/mol. The zero-order valence-electron chi connectivity index (χ0n) is 17.7. The van der Waals surface area contributed by atoms with Gasteiger partial charge in [-0.05, 0) is 67.9 Å². The van der Waals surface area contributed by atoms with Crippen molar-refractivity contribution in [2.45, 2.75) is 19.9 Å². The zero-order valence-corrected chi connectivity index (χ0v) is 17.7. The second kappa shape index (κ2) is 9.38. The number of hydrogen-bond donors (Lipinski definition) is 1. The van der Waals surface area contributed by atoms with Crippen molar-refractivity contribution in [2.75, 3.05) is 6.61 Å². The summed E-state index contributed by atoms with van der Waals surface area (Å²) >= 11 is 0. The summed E-state index contributed by atoms with van der Waals surface area (Å²) < 4.78 is 20.3. The Morgan fingerprint density at radius 1 is 1.06 bits per heavy atom. The first kappa shape index (κ1) is 21.2. The van der Waals surface area contributed by atoms with Crippen molar-refractivity contribution in [2.24, 2.45) is 0 Å². The summed E-state index contributed by atoms with van der Waals surface area (Å²) in [5.41, 5.74) is 2.99. The van der Waals surface area contributed by atoms with Gasteiger partial charge in [0.1, 0.15) is 17.3 Å². The molecular weight excluding hydrogens is 409 g/mol. The number of amides is 1. The Hall–Kier alpha value is -4.07. The molecular formula is C24H22FN5O2. The van der Waals surface area contributed by atoms with Crippen LogP contribution in [0.25, 0.3) is 16.9 Å². The third-order valence-corrected chi connectivity index (χ3v) is 4.95. The molecule has 2 aromatic heterocycles. The van der Waals surface area contributed by atoms with Crippen LogP contribution in [-0.4, -0.2) is 32.5 Å². The lowest BCUT2D eigenvalue weighted by Crippen LogP contribution is -2.27. The first-order valence-corrected chi connectivity index (χ1v) is 10.2. The van der Waals surface area contributed by atoms with Gasteiger partial charge < -0.3 is 10.1 Å². The molecule has 32 heavy (non-hydrogen) atoms. The zero-order chi connectivity index (χ0) is 22.5. The number of ether oxygens (including phenoxy) is 1. The number of rotatable bonds is 7. The predicted octanol–water partition coefficient (Wildman–Crippen LogP) is 4.36. The summed E-state index contributed by atoms with van der Waals surface area (Å²) in [5, 5.41) is 11.3. The molecule has 1 amide bonds. The smallest absolute Gasteiger partial charge is 0.274 e. The molecule has 2 aromatic carbocycles. The van der Waals surface area contributed by atoms with E-state index < -0.39 is 0 Å². The number of carbonyl (C=O) groups excluding carboxylic acids is 1. The van der Waals surface area contributed by atoms with Crippen molar-refractivity contribution in [3.05, 3.63) is 90.1 Å². The van der Waals surface area contributed by atoms with Crippen LogP contribution >= 0.6 is 0 Å². The van der Waals surface area contributed by atoms with Gasteiger partial charge in [0.15, 0.2) is 5.69 Å². The molecule has 0 aliphatic carbocycles. The monoisotopic (exact) mass is 431 g/mol. The van der Waals surface area contributed by atoms with Crippen LogP contribution in [0, 0.1) is 5.82 Å². The van der Waals surface area contributed by atoms with Crippen molar-refractivity contribution in [3.8, 4) is 22.7 Å². The minimum absolute atomic E-state index is 0.180. The summed E-state index contributed by atoms with van der Waals surface area (Å²) in [6.07, 6.45) is 3.29. The molecule has 8 heteroatoms. The summed E-state index contributed by atoms with van der Waals surface area (Å²) in [6.45, 7) is 4.32. The molecule has 0 saturated carbocycles. The van der Waals surface area contributed by atoms with Crippen LogP contribution in [0.3, 0.4) is 0 Å². The van der Waals surface area contributed by atoms with Crippen LogP contribution in [0.5, 0.6) is 5.75 Å². The minimum atomic E-state index is -0.383. The molecule has 1 N–H and O–H groups in total. The minimum Gasteiger partial charge on any atom is -0.494 e. The highest BCUT2D eigenvalue weighted by molar-refractivity contribution is 5.98. The van der Waals surface area contributed by atoms with Crippen molar-refractivity contribution in [1.82, 2.24) is 25.3 Å². The van der Waals surface area contributed by atoms with Gasteiger partial charge in [-0.2, -0.15) is 0 Å². The maximum Gasteiger partial charge on any atom is 0.274 e. The summed E-state index contributed by atoms with van der Waals surface area (Å²) in [7, 11) is 0. The average molecular weight is 431 g/mol. The van der Waals surface area contributed by atoms with Gasteiger partial charge in [-0.15, -0.1) is 5.10 Å². The molecule has 4 rings (SSSR count). The Morgan fingerprint density at radius 3 is 2.41 bits per heavy atom. The second-order valence-corrected chi connectivity index (χ2v) is 7.11. The Labute approximate surface area is 184 Å². The van der Waals surface area contributed by atoms with Gasteiger partial charge in [-0.3, -0.25) is 9.78 Å². The maximum absolute atomic E-state index is 13.2. The highest BCUT2D eigenvalue weighted by Crippen LogP contribution is 2.26. The number of aromatic nitrogens is 4. The van der Waals surface area contributed by atoms with E-state index in [1.807, 2.05) is 38.1 Å².